The number of hydrogen-bond donors (Lipinski definition) is 1. The molecule has 2 aromatic carbocycles. The van der Waals surface area contributed by atoms with E-state index in [2.05, 4.69) is 5.32 Å². The number of carbonyl (C=O) groups excluding carboxylic acids is 2. The standard InChI is InChI=1S/C19H17F3N2O2/c1-24-10-9-13(11-5-7-12(20)8-6-11)16(19(24)26)18(25)23-15-4-2-3-14(21)17(15)22/h2-8,13,16H,9-10H2,1H3,(H,23,25)/t13-,16+/m0/s1. The second-order valence-electron chi connectivity index (χ2n) is 6.27. The predicted molar refractivity (Wildman–Crippen MR) is 89.9 cm³/mol. The zero-order valence-corrected chi connectivity index (χ0v) is 14.0. The first-order valence-corrected chi connectivity index (χ1v) is 8.14. The molecule has 1 N–H and O–H groups in total. The van der Waals surface area contributed by atoms with Crippen molar-refractivity contribution in [1.29, 1.82) is 0 Å². The molecule has 0 spiro atoms. The van der Waals surface area contributed by atoms with E-state index in [4.69, 9.17) is 0 Å². The first-order valence-electron chi connectivity index (χ1n) is 8.14. The van der Waals surface area contributed by atoms with Crippen molar-refractivity contribution >= 4 is 17.5 Å². The first-order chi connectivity index (χ1) is 12.4. The maximum atomic E-state index is 13.8. The smallest absolute Gasteiger partial charge is 0.237 e. The number of hydrogen-bond acceptors (Lipinski definition) is 2. The molecule has 0 saturated carbocycles. The van der Waals surface area contributed by atoms with Gasteiger partial charge in [-0.15, -0.1) is 0 Å². The first kappa shape index (κ1) is 18.0. The van der Waals surface area contributed by atoms with Crippen LogP contribution in [0.25, 0.3) is 0 Å². The number of halogens is 3. The minimum absolute atomic E-state index is 0.325. The Morgan fingerprint density at radius 1 is 1.12 bits per heavy atom. The average molecular weight is 362 g/mol. The van der Waals surface area contributed by atoms with Crippen molar-refractivity contribution in [2.24, 2.45) is 5.92 Å². The van der Waals surface area contributed by atoms with Crippen molar-refractivity contribution in [2.45, 2.75) is 12.3 Å². The number of benzene rings is 2. The van der Waals surface area contributed by atoms with Crippen molar-refractivity contribution in [3.05, 3.63) is 65.5 Å². The SMILES string of the molecule is CN1CC[C@@H](c2ccc(F)cc2)[C@H](C(=O)Nc2cccc(F)c2F)C1=O. The Kier molecular flexibility index (Phi) is 4.97. The number of nitrogens with zero attached hydrogens (tertiary/aromatic N) is 1. The fourth-order valence-electron chi connectivity index (χ4n) is 3.19. The number of amides is 2. The minimum Gasteiger partial charge on any atom is -0.345 e. The van der Waals surface area contributed by atoms with E-state index >= 15 is 0 Å². The van der Waals surface area contributed by atoms with Crippen molar-refractivity contribution in [1.82, 2.24) is 4.90 Å². The number of nitrogens with one attached hydrogen (secondary N) is 1. The van der Waals surface area contributed by atoms with Gasteiger partial charge in [-0.2, -0.15) is 0 Å². The van der Waals surface area contributed by atoms with E-state index in [9.17, 15) is 22.8 Å². The van der Waals surface area contributed by atoms with E-state index in [0.717, 1.165) is 6.07 Å². The van der Waals surface area contributed by atoms with Crippen LogP contribution in [0.1, 0.15) is 17.9 Å². The van der Waals surface area contributed by atoms with Crippen molar-refractivity contribution in [2.75, 3.05) is 18.9 Å². The summed E-state index contributed by atoms with van der Waals surface area (Å²) in [5, 5.41) is 2.31. The highest BCUT2D eigenvalue weighted by Gasteiger charge is 2.41. The summed E-state index contributed by atoms with van der Waals surface area (Å²) in [6.45, 7) is 0.443. The second kappa shape index (κ2) is 7.19. The summed E-state index contributed by atoms with van der Waals surface area (Å²) in [7, 11) is 1.58. The van der Waals surface area contributed by atoms with E-state index in [-0.39, 0.29) is 5.69 Å². The van der Waals surface area contributed by atoms with Gasteiger partial charge in [0.25, 0.3) is 0 Å². The van der Waals surface area contributed by atoms with Gasteiger partial charge < -0.3 is 10.2 Å². The highest BCUT2D eigenvalue weighted by atomic mass is 19.2. The third-order valence-electron chi connectivity index (χ3n) is 4.61. The van der Waals surface area contributed by atoms with Crippen molar-refractivity contribution in [3.8, 4) is 0 Å². The molecular weight excluding hydrogens is 345 g/mol. The van der Waals surface area contributed by atoms with Gasteiger partial charge in [0, 0.05) is 19.5 Å². The molecule has 1 saturated heterocycles. The Morgan fingerprint density at radius 3 is 2.50 bits per heavy atom. The van der Waals surface area contributed by atoms with Crippen LogP contribution in [0.2, 0.25) is 0 Å². The molecule has 2 aromatic rings. The van der Waals surface area contributed by atoms with E-state index < -0.39 is 41.1 Å². The van der Waals surface area contributed by atoms with Crippen LogP contribution >= 0.6 is 0 Å². The fraction of sp³-hybridized carbons (Fsp3) is 0.263. The molecule has 3 rings (SSSR count). The van der Waals surface area contributed by atoms with E-state index in [1.54, 1.807) is 7.05 Å². The molecule has 0 aromatic heterocycles. The molecule has 0 aliphatic carbocycles. The van der Waals surface area contributed by atoms with E-state index in [0.29, 0.717) is 18.5 Å². The molecule has 0 unspecified atom stereocenters. The number of likely N-dealkylation sites (tertiary alicyclic amines) is 1. The molecule has 1 fully saturated rings. The third kappa shape index (κ3) is 3.42. The Bertz CT molecular complexity index is 839. The fourth-order valence-corrected chi connectivity index (χ4v) is 3.19. The summed E-state index contributed by atoms with van der Waals surface area (Å²) in [5.41, 5.74) is 0.321. The Balaban J connectivity index is 1.91. The normalized spacial score (nSPS) is 20.2. The van der Waals surface area contributed by atoms with Gasteiger partial charge in [0.15, 0.2) is 11.6 Å². The number of rotatable bonds is 3. The molecule has 2 atom stereocenters. The van der Waals surface area contributed by atoms with Crippen LogP contribution in [0.4, 0.5) is 18.9 Å². The van der Waals surface area contributed by atoms with E-state index in [1.807, 2.05) is 0 Å². The molecule has 0 radical (unpaired) electrons. The van der Waals surface area contributed by atoms with Crippen LogP contribution in [-0.2, 0) is 9.59 Å². The summed E-state index contributed by atoms with van der Waals surface area (Å²) in [4.78, 5) is 26.7. The van der Waals surface area contributed by atoms with Gasteiger partial charge in [-0.05, 0) is 36.2 Å². The van der Waals surface area contributed by atoms with Crippen LogP contribution in [0.3, 0.4) is 0 Å². The van der Waals surface area contributed by atoms with Crippen molar-refractivity contribution < 1.29 is 22.8 Å². The molecule has 0 bridgehead atoms. The van der Waals surface area contributed by atoms with E-state index in [1.165, 1.54) is 41.3 Å². The Labute approximate surface area is 148 Å². The zero-order valence-electron chi connectivity index (χ0n) is 14.0. The molecule has 4 nitrogen and oxygen atoms in total. The quantitative estimate of drug-likeness (QED) is 0.852. The lowest BCUT2D eigenvalue weighted by Crippen LogP contribution is -2.47. The highest BCUT2D eigenvalue weighted by molar-refractivity contribution is 6.07. The molecule has 1 aliphatic rings. The van der Waals surface area contributed by atoms with Gasteiger partial charge in [-0.3, -0.25) is 9.59 Å². The number of carbonyl (C=O) groups is 2. The topological polar surface area (TPSA) is 49.4 Å². The third-order valence-corrected chi connectivity index (χ3v) is 4.61. The molecule has 1 aliphatic heterocycles. The summed E-state index contributed by atoms with van der Waals surface area (Å²) < 4.78 is 40.4. The zero-order chi connectivity index (χ0) is 18.8. The van der Waals surface area contributed by atoms with Crippen LogP contribution in [0.5, 0.6) is 0 Å². The predicted octanol–water partition coefficient (Wildman–Crippen LogP) is 3.30. The maximum absolute atomic E-state index is 13.8. The minimum atomic E-state index is -1.18. The molecule has 26 heavy (non-hydrogen) atoms. The van der Waals surface area contributed by atoms with Gasteiger partial charge in [-0.25, -0.2) is 13.2 Å². The monoisotopic (exact) mass is 362 g/mol. The van der Waals surface area contributed by atoms with Crippen LogP contribution < -0.4 is 5.32 Å². The highest BCUT2D eigenvalue weighted by Crippen LogP contribution is 2.34. The van der Waals surface area contributed by atoms with Crippen molar-refractivity contribution in [3.63, 3.8) is 0 Å². The molecule has 2 amide bonds. The lowest BCUT2D eigenvalue weighted by Gasteiger charge is -2.35. The summed E-state index contributed by atoms with van der Waals surface area (Å²) in [6, 6.07) is 9.01. The van der Waals surface area contributed by atoms with Gasteiger partial charge in [0.2, 0.25) is 11.8 Å². The summed E-state index contributed by atoms with van der Waals surface area (Å²) >= 11 is 0. The van der Waals surface area contributed by atoms with Gasteiger partial charge in [-0.1, -0.05) is 18.2 Å². The van der Waals surface area contributed by atoms with Gasteiger partial charge in [0.1, 0.15) is 11.7 Å². The molecule has 136 valence electrons. The number of anilines is 1. The molecule has 1 heterocycles. The lowest BCUT2D eigenvalue weighted by molar-refractivity contribution is -0.143. The second-order valence-corrected chi connectivity index (χ2v) is 6.27. The number of piperidine rings is 1. The van der Waals surface area contributed by atoms with Gasteiger partial charge in [0.05, 0.1) is 5.69 Å². The maximum Gasteiger partial charge on any atom is 0.237 e. The Hall–Kier alpha value is -2.83. The van der Waals surface area contributed by atoms with Crippen LogP contribution in [0.15, 0.2) is 42.5 Å². The van der Waals surface area contributed by atoms with Crippen LogP contribution in [0, 0.1) is 23.4 Å². The molecular formula is C19H17F3N2O2. The summed E-state index contributed by atoms with van der Waals surface area (Å²) in [6.07, 6.45) is 0.498. The average Bonchev–Trinajstić information content (AvgIpc) is 2.62. The summed E-state index contributed by atoms with van der Waals surface area (Å²) in [5.74, 6) is -5.42. The van der Waals surface area contributed by atoms with Gasteiger partial charge >= 0.3 is 0 Å². The Morgan fingerprint density at radius 2 is 1.81 bits per heavy atom. The molecule has 7 heteroatoms. The van der Waals surface area contributed by atoms with Crippen LogP contribution in [-0.4, -0.2) is 30.3 Å². The largest absolute Gasteiger partial charge is 0.345 e. The lowest BCUT2D eigenvalue weighted by atomic mass is 9.79.